The van der Waals surface area contributed by atoms with Crippen LogP contribution in [0.15, 0.2) is 21.7 Å². The van der Waals surface area contributed by atoms with E-state index in [2.05, 4.69) is 0 Å². The first kappa shape index (κ1) is 19.4. The van der Waals surface area contributed by atoms with Crippen LogP contribution >= 0.6 is 22.9 Å². The number of anilines is 1. The molecule has 136 valence electrons. The number of Topliss-reactive ketones (excluding diaryl/α,β-unsaturated/α-hetero) is 1. The highest BCUT2D eigenvalue weighted by atomic mass is 35.5. The van der Waals surface area contributed by atoms with Crippen molar-refractivity contribution in [3.05, 3.63) is 47.7 Å². The number of carbonyl (C=O) groups is 1. The van der Waals surface area contributed by atoms with Gasteiger partial charge in [0, 0.05) is 13.6 Å². The molecule has 25 heavy (non-hydrogen) atoms. The molecule has 0 saturated carbocycles. The van der Waals surface area contributed by atoms with Crippen LogP contribution in [0, 0.1) is 0 Å². The minimum absolute atomic E-state index is 0.0491. The van der Waals surface area contributed by atoms with Crippen molar-refractivity contribution in [2.45, 2.75) is 26.4 Å². The molecular weight excluding hydrogens is 364 g/mol. The van der Waals surface area contributed by atoms with Gasteiger partial charge in [0.05, 0.1) is 16.3 Å². The van der Waals surface area contributed by atoms with E-state index in [1.165, 1.54) is 23.0 Å². The molecule has 1 atom stereocenters. The van der Waals surface area contributed by atoms with Gasteiger partial charge in [-0.25, -0.2) is 4.79 Å². The summed E-state index contributed by atoms with van der Waals surface area (Å²) in [5, 5.41) is 0. The topological polar surface area (TPSA) is 91.5 Å². The Kier molecular flexibility index (Phi) is 6.21. The Morgan fingerprint density at radius 3 is 2.60 bits per heavy atom. The molecule has 2 aromatic heterocycles. The lowest BCUT2D eigenvalue weighted by atomic mass is 10.1. The van der Waals surface area contributed by atoms with Crippen molar-refractivity contribution < 1.29 is 9.69 Å². The molecule has 0 aromatic carbocycles. The minimum Gasteiger partial charge on any atom is -0.384 e. The van der Waals surface area contributed by atoms with Gasteiger partial charge in [-0.15, -0.1) is 11.3 Å². The molecule has 0 aliphatic heterocycles. The van der Waals surface area contributed by atoms with Gasteiger partial charge in [-0.05, 0) is 18.6 Å². The molecular formula is C16H22ClN4O3S+. The van der Waals surface area contributed by atoms with Crippen LogP contribution in [0.2, 0.25) is 4.34 Å². The molecule has 2 rings (SSSR count). The fourth-order valence-electron chi connectivity index (χ4n) is 2.65. The predicted octanol–water partition coefficient (Wildman–Crippen LogP) is 0.152. The lowest BCUT2D eigenvalue weighted by Crippen LogP contribution is -3.08. The monoisotopic (exact) mass is 385 g/mol. The first-order valence-electron chi connectivity index (χ1n) is 7.94. The first-order valence-corrected chi connectivity index (χ1v) is 9.13. The van der Waals surface area contributed by atoms with Gasteiger partial charge >= 0.3 is 5.69 Å². The highest BCUT2D eigenvalue weighted by Crippen LogP contribution is 2.20. The van der Waals surface area contributed by atoms with Crippen LogP contribution in [0.25, 0.3) is 0 Å². The summed E-state index contributed by atoms with van der Waals surface area (Å²) in [6.07, 6.45) is 0.667. The SMILES string of the molecule is CCCn1c(N)c(C(=O)C[NH+](C)Cc2ccc(Cl)s2)c(=O)n(C)c1=O. The normalized spacial score (nSPS) is 12.3. The van der Waals surface area contributed by atoms with E-state index < -0.39 is 11.2 Å². The van der Waals surface area contributed by atoms with Crippen LogP contribution in [0.3, 0.4) is 0 Å². The lowest BCUT2D eigenvalue weighted by Gasteiger charge is -2.16. The van der Waals surface area contributed by atoms with E-state index in [-0.39, 0.29) is 23.7 Å². The zero-order valence-electron chi connectivity index (χ0n) is 14.5. The standard InChI is InChI=1S/C16H21ClN4O3S/c1-4-7-21-14(18)13(15(23)20(3)16(21)24)11(22)9-19(2)8-10-5-6-12(17)25-10/h5-6H,4,7-9,18H2,1-3H3/p+1. The van der Waals surface area contributed by atoms with Gasteiger partial charge in [0.25, 0.3) is 5.56 Å². The van der Waals surface area contributed by atoms with Crippen LogP contribution in [0.4, 0.5) is 5.82 Å². The van der Waals surface area contributed by atoms with Gasteiger partial charge < -0.3 is 10.6 Å². The van der Waals surface area contributed by atoms with Gasteiger partial charge in [-0.2, -0.15) is 0 Å². The summed E-state index contributed by atoms with van der Waals surface area (Å²) >= 11 is 7.37. The summed E-state index contributed by atoms with van der Waals surface area (Å²) in [5.74, 6) is -0.421. The molecule has 0 radical (unpaired) electrons. The molecule has 0 amide bonds. The quantitative estimate of drug-likeness (QED) is 0.664. The average molecular weight is 386 g/mol. The number of nitrogens with two attached hydrogens (primary N) is 1. The molecule has 0 bridgehead atoms. The summed E-state index contributed by atoms with van der Waals surface area (Å²) in [7, 11) is 3.21. The van der Waals surface area contributed by atoms with Crippen LogP contribution < -0.4 is 21.9 Å². The fourth-order valence-corrected chi connectivity index (χ4v) is 3.86. The number of hydrogen-bond acceptors (Lipinski definition) is 5. The van der Waals surface area contributed by atoms with E-state index >= 15 is 0 Å². The lowest BCUT2D eigenvalue weighted by molar-refractivity contribution is -0.884. The second-order valence-corrected chi connectivity index (χ2v) is 7.80. The number of hydrogen-bond donors (Lipinski definition) is 2. The number of nitrogens with zero attached hydrogens (tertiary/aromatic N) is 2. The van der Waals surface area contributed by atoms with Crippen molar-refractivity contribution >= 4 is 34.5 Å². The largest absolute Gasteiger partial charge is 0.384 e. The van der Waals surface area contributed by atoms with E-state index in [1.54, 1.807) is 0 Å². The van der Waals surface area contributed by atoms with Gasteiger partial charge in [0.15, 0.2) is 0 Å². The van der Waals surface area contributed by atoms with Crippen molar-refractivity contribution in [3.63, 3.8) is 0 Å². The highest BCUT2D eigenvalue weighted by molar-refractivity contribution is 7.16. The van der Waals surface area contributed by atoms with E-state index in [0.717, 1.165) is 14.3 Å². The Morgan fingerprint density at radius 1 is 1.36 bits per heavy atom. The molecule has 0 saturated heterocycles. The summed E-state index contributed by atoms with van der Waals surface area (Å²) in [6, 6.07) is 3.72. The van der Waals surface area contributed by atoms with Crippen LogP contribution in [-0.4, -0.2) is 28.5 Å². The fraction of sp³-hybridized carbons (Fsp3) is 0.438. The Balaban J connectivity index is 2.29. The Hall–Kier alpha value is -1.90. The predicted molar refractivity (Wildman–Crippen MR) is 99.8 cm³/mol. The Morgan fingerprint density at radius 2 is 2.04 bits per heavy atom. The van der Waals surface area contributed by atoms with E-state index in [4.69, 9.17) is 17.3 Å². The highest BCUT2D eigenvalue weighted by Gasteiger charge is 2.24. The Labute approximate surface area is 154 Å². The van der Waals surface area contributed by atoms with E-state index in [9.17, 15) is 14.4 Å². The summed E-state index contributed by atoms with van der Waals surface area (Å²) in [5.41, 5.74) is 4.71. The Bertz CT molecular complexity index is 900. The van der Waals surface area contributed by atoms with Crippen LogP contribution in [-0.2, 0) is 20.1 Å². The molecule has 0 aliphatic rings. The van der Waals surface area contributed by atoms with E-state index in [1.807, 2.05) is 26.1 Å². The number of halogens is 1. The molecule has 0 fully saturated rings. The third-order valence-corrected chi connectivity index (χ3v) is 5.11. The molecule has 2 heterocycles. The van der Waals surface area contributed by atoms with Gasteiger partial charge in [-0.1, -0.05) is 18.5 Å². The van der Waals surface area contributed by atoms with Crippen molar-refractivity contribution in [2.75, 3.05) is 19.3 Å². The maximum Gasteiger partial charge on any atom is 0.332 e. The molecule has 0 aliphatic carbocycles. The molecule has 7 nitrogen and oxygen atoms in total. The number of nitrogen functional groups attached to an aromatic ring is 1. The number of carbonyl (C=O) groups excluding carboxylic acids is 1. The summed E-state index contributed by atoms with van der Waals surface area (Å²) in [6.45, 7) is 2.95. The summed E-state index contributed by atoms with van der Waals surface area (Å²) < 4.78 is 2.91. The molecule has 2 aromatic rings. The zero-order valence-corrected chi connectivity index (χ0v) is 16.0. The smallest absolute Gasteiger partial charge is 0.332 e. The van der Waals surface area contributed by atoms with Crippen LogP contribution in [0.5, 0.6) is 0 Å². The number of likely N-dealkylation sites (N-methyl/N-ethyl adjacent to an activating group) is 1. The van der Waals surface area contributed by atoms with Crippen LogP contribution in [0.1, 0.15) is 28.6 Å². The average Bonchev–Trinajstić information content (AvgIpc) is 2.94. The second-order valence-electron chi connectivity index (χ2n) is 6.00. The molecule has 3 N–H and O–H groups in total. The third kappa shape index (κ3) is 4.20. The molecule has 0 spiro atoms. The second kappa shape index (κ2) is 7.99. The van der Waals surface area contributed by atoms with Crippen molar-refractivity contribution in [1.29, 1.82) is 0 Å². The first-order chi connectivity index (χ1) is 11.8. The third-order valence-electron chi connectivity index (χ3n) is 3.88. The molecule has 9 heteroatoms. The van der Waals surface area contributed by atoms with Crippen molar-refractivity contribution in [2.24, 2.45) is 7.05 Å². The van der Waals surface area contributed by atoms with E-state index in [0.29, 0.717) is 23.8 Å². The van der Waals surface area contributed by atoms with Gasteiger partial charge in [-0.3, -0.25) is 18.7 Å². The maximum absolute atomic E-state index is 12.7. The summed E-state index contributed by atoms with van der Waals surface area (Å²) in [4.78, 5) is 39.1. The van der Waals surface area contributed by atoms with Gasteiger partial charge in [0.1, 0.15) is 24.5 Å². The zero-order chi connectivity index (χ0) is 18.7. The maximum atomic E-state index is 12.7. The molecule has 1 unspecified atom stereocenters. The minimum atomic E-state index is -0.646. The van der Waals surface area contributed by atoms with Gasteiger partial charge in [0.2, 0.25) is 5.78 Å². The van der Waals surface area contributed by atoms with Crippen molar-refractivity contribution in [3.8, 4) is 0 Å². The number of rotatable bonds is 7. The number of aromatic nitrogens is 2. The number of ketones is 1. The number of nitrogens with one attached hydrogen (secondary N) is 1. The number of thiophene rings is 1. The van der Waals surface area contributed by atoms with Crippen molar-refractivity contribution in [1.82, 2.24) is 9.13 Å². The number of quaternary nitrogens is 1.